The second-order valence-electron chi connectivity index (χ2n) is 5.06. The fraction of sp³-hybridized carbons (Fsp3) is 1.00. The van der Waals surface area contributed by atoms with Gasteiger partial charge in [0.15, 0.2) is 0 Å². The van der Waals surface area contributed by atoms with Crippen LogP contribution in [-0.2, 0) is 0 Å². The van der Waals surface area contributed by atoms with Crippen molar-refractivity contribution >= 4 is 0 Å². The second-order valence-corrected chi connectivity index (χ2v) is 5.06. The molecule has 4 nitrogen and oxygen atoms in total. The van der Waals surface area contributed by atoms with Crippen molar-refractivity contribution in [2.75, 3.05) is 6.61 Å². The zero-order valence-corrected chi connectivity index (χ0v) is 10.7. The van der Waals surface area contributed by atoms with Gasteiger partial charge in [0.1, 0.15) is 0 Å². The van der Waals surface area contributed by atoms with E-state index < -0.39 is 18.3 Å². The van der Waals surface area contributed by atoms with Crippen molar-refractivity contribution in [2.24, 2.45) is 17.8 Å². The van der Waals surface area contributed by atoms with Gasteiger partial charge in [-0.15, -0.1) is 0 Å². The highest BCUT2D eigenvalue weighted by Crippen LogP contribution is 2.23. The smallest absolute Gasteiger partial charge is 0.0637 e. The van der Waals surface area contributed by atoms with E-state index in [2.05, 4.69) is 0 Å². The van der Waals surface area contributed by atoms with Gasteiger partial charge in [-0.3, -0.25) is 0 Å². The lowest BCUT2D eigenvalue weighted by Crippen LogP contribution is -2.39. The molecule has 0 bridgehead atoms. The molecule has 0 aromatic heterocycles. The molecule has 0 fully saturated rings. The minimum Gasteiger partial charge on any atom is -0.396 e. The summed E-state index contributed by atoms with van der Waals surface area (Å²) in [5.41, 5.74) is 0. The van der Waals surface area contributed by atoms with E-state index in [0.717, 1.165) is 0 Å². The summed E-state index contributed by atoms with van der Waals surface area (Å²) in [5, 5.41) is 38.0. The van der Waals surface area contributed by atoms with Gasteiger partial charge in [-0.25, -0.2) is 0 Å². The SMILES string of the molecule is CC(O)CC(C)C(O)C(C)C(O)C(C)CO. The molecule has 0 rings (SSSR count). The summed E-state index contributed by atoms with van der Waals surface area (Å²) in [6.45, 7) is 6.95. The van der Waals surface area contributed by atoms with E-state index in [4.69, 9.17) is 5.11 Å². The third-order valence-corrected chi connectivity index (χ3v) is 3.24. The molecule has 0 saturated carbocycles. The molecule has 6 unspecified atom stereocenters. The number of hydrogen-bond donors (Lipinski definition) is 4. The van der Waals surface area contributed by atoms with Gasteiger partial charge in [0.25, 0.3) is 0 Å². The molecule has 4 heteroatoms. The van der Waals surface area contributed by atoms with Crippen LogP contribution >= 0.6 is 0 Å². The van der Waals surface area contributed by atoms with Crippen LogP contribution in [0, 0.1) is 17.8 Å². The minimum atomic E-state index is -0.726. The summed E-state index contributed by atoms with van der Waals surface area (Å²) in [6.07, 6.45) is -1.34. The van der Waals surface area contributed by atoms with Crippen LogP contribution in [-0.4, -0.2) is 45.3 Å². The molecule has 0 amide bonds. The minimum absolute atomic E-state index is 0.0736. The summed E-state index contributed by atoms with van der Waals surface area (Å²) < 4.78 is 0. The van der Waals surface area contributed by atoms with Gasteiger partial charge < -0.3 is 20.4 Å². The van der Waals surface area contributed by atoms with Gasteiger partial charge in [-0.1, -0.05) is 20.8 Å². The van der Waals surface area contributed by atoms with E-state index in [1.165, 1.54) is 0 Å². The molecule has 0 aromatic rings. The molecule has 0 radical (unpaired) electrons. The third kappa shape index (κ3) is 4.78. The Hall–Kier alpha value is -0.160. The lowest BCUT2D eigenvalue weighted by atomic mass is 9.83. The van der Waals surface area contributed by atoms with Crippen molar-refractivity contribution in [3.05, 3.63) is 0 Å². The monoisotopic (exact) mass is 234 g/mol. The molecule has 0 aromatic carbocycles. The standard InChI is InChI=1S/C12H26O4/c1-7(5-9(3)14)11(15)10(4)12(16)8(2)6-13/h7-16H,5-6H2,1-4H3. The van der Waals surface area contributed by atoms with Crippen LogP contribution < -0.4 is 0 Å². The average Bonchev–Trinajstić information content (AvgIpc) is 2.23. The van der Waals surface area contributed by atoms with Crippen molar-refractivity contribution < 1.29 is 20.4 Å². The van der Waals surface area contributed by atoms with Crippen LogP contribution in [0.5, 0.6) is 0 Å². The Kier molecular flexibility index (Phi) is 7.15. The Bertz CT molecular complexity index is 184. The highest BCUT2D eigenvalue weighted by Gasteiger charge is 2.30. The lowest BCUT2D eigenvalue weighted by molar-refractivity contribution is -0.0448. The highest BCUT2D eigenvalue weighted by molar-refractivity contribution is 4.80. The van der Waals surface area contributed by atoms with Crippen molar-refractivity contribution in [1.82, 2.24) is 0 Å². The summed E-state index contributed by atoms with van der Waals surface area (Å²) in [4.78, 5) is 0. The van der Waals surface area contributed by atoms with Gasteiger partial charge in [0.2, 0.25) is 0 Å². The Morgan fingerprint density at radius 1 is 0.812 bits per heavy atom. The van der Waals surface area contributed by atoms with Crippen molar-refractivity contribution in [3.63, 3.8) is 0 Å². The van der Waals surface area contributed by atoms with Gasteiger partial charge in [0, 0.05) is 18.4 Å². The maximum absolute atomic E-state index is 10.00. The topological polar surface area (TPSA) is 80.9 Å². The Balaban J connectivity index is 4.30. The van der Waals surface area contributed by atoms with Crippen LogP contribution in [0.3, 0.4) is 0 Å². The number of aliphatic hydroxyl groups excluding tert-OH is 4. The Morgan fingerprint density at radius 3 is 1.62 bits per heavy atom. The van der Waals surface area contributed by atoms with Gasteiger partial charge in [-0.2, -0.15) is 0 Å². The molecule has 0 aliphatic heterocycles. The predicted octanol–water partition coefficient (Wildman–Crippen LogP) is 0.380. The van der Waals surface area contributed by atoms with E-state index in [1.807, 2.05) is 6.92 Å². The van der Waals surface area contributed by atoms with Crippen molar-refractivity contribution in [3.8, 4) is 0 Å². The molecular formula is C12H26O4. The molecule has 16 heavy (non-hydrogen) atoms. The van der Waals surface area contributed by atoms with Crippen molar-refractivity contribution in [2.45, 2.75) is 52.4 Å². The molecule has 0 saturated heterocycles. The molecule has 0 aliphatic rings. The summed E-state index contributed by atoms with van der Waals surface area (Å²) in [5.74, 6) is -0.630. The first-order chi connectivity index (χ1) is 7.31. The molecule has 0 heterocycles. The van der Waals surface area contributed by atoms with Crippen LogP contribution in [0.25, 0.3) is 0 Å². The van der Waals surface area contributed by atoms with E-state index >= 15 is 0 Å². The van der Waals surface area contributed by atoms with Crippen LogP contribution in [0.15, 0.2) is 0 Å². The number of hydrogen-bond acceptors (Lipinski definition) is 4. The third-order valence-electron chi connectivity index (χ3n) is 3.24. The molecule has 98 valence electrons. The largest absolute Gasteiger partial charge is 0.396 e. The van der Waals surface area contributed by atoms with Gasteiger partial charge in [0.05, 0.1) is 18.3 Å². The van der Waals surface area contributed by atoms with E-state index in [0.29, 0.717) is 6.42 Å². The molecule has 0 aliphatic carbocycles. The first kappa shape index (κ1) is 15.8. The first-order valence-electron chi connectivity index (χ1n) is 5.96. The average molecular weight is 234 g/mol. The number of aliphatic hydroxyl groups is 4. The second kappa shape index (κ2) is 7.22. The van der Waals surface area contributed by atoms with Gasteiger partial charge >= 0.3 is 0 Å². The zero-order chi connectivity index (χ0) is 12.9. The van der Waals surface area contributed by atoms with E-state index in [9.17, 15) is 15.3 Å². The normalized spacial score (nSPS) is 23.2. The molecule has 4 N–H and O–H groups in total. The van der Waals surface area contributed by atoms with Crippen LogP contribution in [0.4, 0.5) is 0 Å². The Morgan fingerprint density at radius 2 is 1.25 bits per heavy atom. The first-order valence-corrected chi connectivity index (χ1v) is 5.96. The lowest BCUT2D eigenvalue weighted by Gasteiger charge is -2.31. The predicted molar refractivity (Wildman–Crippen MR) is 62.9 cm³/mol. The van der Waals surface area contributed by atoms with Gasteiger partial charge in [-0.05, 0) is 19.3 Å². The van der Waals surface area contributed by atoms with E-state index in [-0.39, 0.29) is 24.4 Å². The zero-order valence-electron chi connectivity index (χ0n) is 10.7. The number of rotatable bonds is 7. The summed E-state index contributed by atoms with van der Waals surface area (Å²) in [7, 11) is 0. The quantitative estimate of drug-likeness (QED) is 0.513. The fourth-order valence-electron chi connectivity index (χ4n) is 2.02. The Labute approximate surface area is 97.9 Å². The summed E-state index contributed by atoms with van der Waals surface area (Å²) >= 11 is 0. The highest BCUT2D eigenvalue weighted by atomic mass is 16.3. The maximum atomic E-state index is 10.00. The summed E-state index contributed by atoms with van der Waals surface area (Å²) in [6, 6.07) is 0. The van der Waals surface area contributed by atoms with Crippen molar-refractivity contribution in [1.29, 1.82) is 0 Å². The van der Waals surface area contributed by atoms with Crippen LogP contribution in [0.2, 0.25) is 0 Å². The van der Waals surface area contributed by atoms with Crippen LogP contribution in [0.1, 0.15) is 34.1 Å². The van der Waals surface area contributed by atoms with E-state index in [1.54, 1.807) is 20.8 Å². The molecule has 0 spiro atoms. The molecule has 6 atom stereocenters. The molecular weight excluding hydrogens is 208 g/mol. The maximum Gasteiger partial charge on any atom is 0.0637 e. The fourth-order valence-corrected chi connectivity index (χ4v) is 2.02.